The molecule has 0 amide bonds. The zero-order chi connectivity index (χ0) is 7.40. The van der Waals surface area contributed by atoms with E-state index < -0.39 is 0 Å². The summed E-state index contributed by atoms with van der Waals surface area (Å²) in [5, 5.41) is 17.4. The summed E-state index contributed by atoms with van der Waals surface area (Å²) in [4.78, 5) is 0. The van der Waals surface area contributed by atoms with Crippen LogP contribution in [0.25, 0.3) is 0 Å². The maximum atomic E-state index is 8.72. The summed E-state index contributed by atoms with van der Waals surface area (Å²) in [6.45, 7) is -0.127. The minimum atomic E-state index is -0.0866. The van der Waals surface area contributed by atoms with Gasteiger partial charge in [-0.15, -0.1) is 0 Å². The van der Waals surface area contributed by atoms with Crippen LogP contribution in [0.15, 0.2) is 24.4 Å². The number of aliphatic hydroxyl groups is 2. The van der Waals surface area contributed by atoms with Crippen LogP contribution in [0.5, 0.6) is 0 Å². The molecule has 4 heteroatoms. The smallest absolute Gasteiger partial charge is 0.250 e. The van der Waals surface area contributed by atoms with E-state index >= 15 is 0 Å². The lowest BCUT2D eigenvalue weighted by Gasteiger charge is -1.94. The van der Waals surface area contributed by atoms with Crippen molar-refractivity contribution >= 4 is 0 Å². The SMILES string of the molecule is OCc1cccc[n+]1CO.[Cl-]. The Morgan fingerprint density at radius 2 is 2.00 bits per heavy atom. The fraction of sp³-hybridized carbons (Fsp3) is 0.286. The molecule has 1 aromatic heterocycles. The molecule has 2 N–H and O–H groups in total. The molecule has 1 heterocycles. The lowest BCUT2D eigenvalue weighted by Crippen LogP contribution is -3.00. The van der Waals surface area contributed by atoms with Crippen LogP contribution in [0.1, 0.15) is 5.69 Å². The van der Waals surface area contributed by atoms with Crippen LogP contribution in [0.3, 0.4) is 0 Å². The van der Waals surface area contributed by atoms with E-state index in [0.717, 1.165) is 0 Å². The number of hydrogen-bond donors (Lipinski definition) is 2. The predicted molar refractivity (Wildman–Crippen MR) is 34.8 cm³/mol. The molecule has 0 aliphatic rings. The Labute approximate surface area is 71.3 Å². The van der Waals surface area contributed by atoms with Gasteiger partial charge in [-0.05, 0) is 0 Å². The highest BCUT2D eigenvalue weighted by atomic mass is 35.5. The largest absolute Gasteiger partial charge is 1.00 e. The molecule has 0 bridgehead atoms. The molecule has 0 aliphatic heterocycles. The molecular weight excluding hydrogens is 166 g/mol. The first-order valence-electron chi connectivity index (χ1n) is 3.07. The van der Waals surface area contributed by atoms with Gasteiger partial charge in [0.2, 0.25) is 12.4 Å². The van der Waals surface area contributed by atoms with Gasteiger partial charge in [0.15, 0.2) is 6.20 Å². The Kier molecular flexibility index (Phi) is 4.77. The molecule has 0 atom stereocenters. The van der Waals surface area contributed by atoms with Gasteiger partial charge in [-0.25, -0.2) is 0 Å². The maximum Gasteiger partial charge on any atom is 0.250 e. The molecule has 11 heavy (non-hydrogen) atoms. The van der Waals surface area contributed by atoms with Crippen molar-refractivity contribution in [2.75, 3.05) is 0 Å². The van der Waals surface area contributed by atoms with E-state index in [0.29, 0.717) is 5.69 Å². The number of hydrogen-bond acceptors (Lipinski definition) is 2. The molecule has 0 saturated heterocycles. The Morgan fingerprint density at radius 3 is 2.45 bits per heavy atom. The van der Waals surface area contributed by atoms with Crippen molar-refractivity contribution in [1.82, 2.24) is 0 Å². The minimum absolute atomic E-state index is 0. The topological polar surface area (TPSA) is 44.3 Å². The van der Waals surface area contributed by atoms with Gasteiger partial charge in [0.1, 0.15) is 6.61 Å². The molecule has 3 nitrogen and oxygen atoms in total. The number of aliphatic hydroxyl groups excluding tert-OH is 2. The van der Waals surface area contributed by atoms with Gasteiger partial charge in [0.05, 0.1) is 0 Å². The fourth-order valence-corrected chi connectivity index (χ4v) is 0.793. The summed E-state index contributed by atoms with van der Waals surface area (Å²) in [7, 11) is 0. The van der Waals surface area contributed by atoms with E-state index in [1.165, 1.54) is 0 Å². The van der Waals surface area contributed by atoms with Crippen molar-refractivity contribution in [3.8, 4) is 0 Å². The second-order valence-electron chi connectivity index (χ2n) is 1.96. The molecule has 0 spiro atoms. The Balaban J connectivity index is 0.000001000. The highest BCUT2D eigenvalue weighted by Gasteiger charge is 2.03. The fourth-order valence-electron chi connectivity index (χ4n) is 0.793. The van der Waals surface area contributed by atoms with E-state index in [2.05, 4.69) is 0 Å². The molecule has 1 rings (SSSR count). The summed E-state index contributed by atoms with van der Waals surface area (Å²) in [5.74, 6) is 0. The zero-order valence-corrected chi connectivity index (χ0v) is 6.70. The van der Waals surface area contributed by atoms with Crippen molar-refractivity contribution in [1.29, 1.82) is 0 Å². The van der Waals surface area contributed by atoms with Crippen LogP contribution >= 0.6 is 0 Å². The number of pyridine rings is 1. The lowest BCUT2D eigenvalue weighted by molar-refractivity contribution is -0.737. The van der Waals surface area contributed by atoms with Gasteiger partial charge < -0.3 is 22.6 Å². The Bertz CT molecular complexity index is 194. The van der Waals surface area contributed by atoms with Gasteiger partial charge in [0, 0.05) is 12.1 Å². The third kappa shape index (κ3) is 2.46. The number of aromatic nitrogens is 1. The third-order valence-electron chi connectivity index (χ3n) is 1.35. The second kappa shape index (κ2) is 5.07. The van der Waals surface area contributed by atoms with E-state index in [4.69, 9.17) is 10.2 Å². The third-order valence-corrected chi connectivity index (χ3v) is 1.35. The summed E-state index contributed by atoms with van der Waals surface area (Å²) in [6, 6.07) is 5.38. The second-order valence-corrected chi connectivity index (χ2v) is 1.96. The van der Waals surface area contributed by atoms with Crippen LogP contribution in [0, 0.1) is 0 Å². The van der Waals surface area contributed by atoms with Gasteiger partial charge >= 0.3 is 0 Å². The Hall–Kier alpha value is -0.640. The first-order chi connectivity index (χ1) is 4.88. The molecule has 0 aliphatic carbocycles. The minimum Gasteiger partial charge on any atom is -1.00 e. The predicted octanol–water partition coefficient (Wildman–Crippen LogP) is -3.58. The van der Waals surface area contributed by atoms with Gasteiger partial charge in [-0.1, -0.05) is 6.07 Å². The summed E-state index contributed by atoms with van der Waals surface area (Å²) < 4.78 is 1.57. The van der Waals surface area contributed by atoms with Crippen molar-refractivity contribution in [2.45, 2.75) is 13.3 Å². The van der Waals surface area contributed by atoms with Crippen molar-refractivity contribution in [3.05, 3.63) is 30.1 Å². The molecule has 0 saturated carbocycles. The van der Waals surface area contributed by atoms with Gasteiger partial charge in [0.25, 0.3) is 0 Å². The van der Waals surface area contributed by atoms with Crippen LogP contribution in [0.2, 0.25) is 0 Å². The molecule has 0 unspecified atom stereocenters. The first kappa shape index (κ1) is 10.4. The van der Waals surface area contributed by atoms with E-state index in [9.17, 15) is 0 Å². The Morgan fingerprint density at radius 1 is 1.27 bits per heavy atom. The molecule has 0 fully saturated rings. The summed E-state index contributed by atoms with van der Waals surface area (Å²) >= 11 is 0. The van der Waals surface area contributed by atoms with E-state index in [1.807, 2.05) is 6.07 Å². The van der Waals surface area contributed by atoms with Crippen LogP contribution in [-0.4, -0.2) is 10.2 Å². The van der Waals surface area contributed by atoms with Crippen LogP contribution in [-0.2, 0) is 13.3 Å². The average Bonchev–Trinajstić information content (AvgIpc) is 2.04. The van der Waals surface area contributed by atoms with E-state index in [-0.39, 0.29) is 25.7 Å². The standard InChI is InChI=1S/C7H10NO2.ClH/c9-5-7-3-1-2-4-8(7)6-10;/h1-4,9-10H,5-6H2;1H/q+1;/p-1. The highest BCUT2D eigenvalue weighted by Crippen LogP contribution is 1.88. The number of halogens is 1. The van der Waals surface area contributed by atoms with Crippen molar-refractivity contribution < 1.29 is 27.2 Å². The summed E-state index contributed by atoms with van der Waals surface area (Å²) in [6.07, 6.45) is 1.71. The van der Waals surface area contributed by atoms with Crippen molar-refractivity contribution in [3.63, 3.8) is 0 Å². The molecular formula is C7H10ClNO2. The monoisotopic (exact) mass is 175 g/mol. The molecule has 0 aromatic carbocycles. The maximum absolute atomic E-state index is 8.72. The van der Waals surface area contributed by atoms with Crippen LogP contribution in [0.4, 0.5) is 0 Å². The van der Waals surface area contributed by atoms with Gasteiger partial charge in [-0.2, -0.15) is 4.57 Å². The zero-order valence-electron chi connectivity index (χ0n) is 5.94. The lowest BCUT2D eigenvalue weighted by atomic mass is 10.3. The number of nitrogens with zero attached hydrogens (tertiary/aromatic N) is 1. The molecule has 1 aromatic rings. The number of rotatable bonds is 2. The first-order valence-corrected chi connectivity index (χ1v) is 3.07. The van der Waals surface area contributed by atoms with Crippen LogP contribution < -0.4 is 17.0 Å². The summed E-state index contributed by atoms with van der Waals surface area (Å²) in [5.41, 5.74) is 0.713. The normalized spacial score (nSPS) is 8.91. The van der Waals surface area contributed by atoms with Crippen molar-refractivity contribution in [2.24, 2.45) is 0 Å². The van der Waals surface area contributed by atoms with E-state index in [1.54, 1.807) is 22.9 Å². The molecule has 0 radical (unpaired) electrons. The quantitative estimate of drug-likeness (QED) is 0.457. The van der Waals surface area contributed by atoms with Gasteiger partial charge in [-0.3, -0.25) is 0 Å². The average molecular weight is 176 g/mol. The molecule has 62 valence electrons. The highest BCUT2D eigenvalue weighted by molar-refractivity contribution is 4.95.